The molecule has 1 aromatic rings. The maximum absolute atomic E-state index is 12.0. The smallest absolute Gasteiger partial charge is 0.325 e. The summed E-state index contributed by atoms with van der Waals surface area (Å²) in [6, 6.07) is 6.38. The molecule has 1 amide bonds. The van der Waals surface area contributed by atoms with Gasteiger partial charge in [0.25, 0.3) is 0 Å². The highest BCUT2D eigenvalue weighted by atomic mass is 16.4. The number of benzene rings is 1. The van der Waals surface area contributed by atoms with Gasteiger partial charge in [-0.05, 0) is 24.5 Å². The van der Waals surface area contributed by atoms with E-state index in [9.17, 15) is 9.59 Å². The lowest BCUT2D eigenvalue weighted by Gasteiger charge is -2.26. The van der Waals surface area contributed by atoms with Crippen molar-refractivity contribution in [2.75, 3.05) is 6.54 Å². The third kappa shape index (κ3) is 2.51. The highest BCUT2D eigenvalue weighted by Crippen LogP contribution is 2.22. The average molecular weight is 248 g/mol. The minimum Gasteiger partial charge on any atom is -0.480 e. The number of hydrogen-bond donors (Lipinski definition) is 3. The minimum atomic E-state index is -1.03. The Balaban J connectivity index is 2.15. The lowest BCUT2D eigenvalue weighted by atomic mass is 9.94. The first-order valence-corrected chi connectivity index (χ1v) is 5.94. The van der Waals surface area contributed by atoms with Crippen LogP contribution in [0.15, 0.2) is 24.3 Å². The molecule has 2 unspecified atom stereocenters. The van der Waals surface area contributed by atoms with E-state index >= 15 is 0 Å². The van der Waals surface area contributed by atoms with Gasteiger partial charge in [0.1, 0.15) is 12.1 Å². The normalized spacial score (nSPS) is 19.7. The predicted molar refractivity (Wildman–Crippen MR) is 66.1 cm³/mol. The van der Waals surface area contributed by atoms with Crippen LogP contribution in [0.5, 0.6) is 0 Å². The van der Waals surface area contributed by atoms with Gasteiger partial charge in [-0.1, -0.05) is 24.3 Å². The third-order valence-electron chi connectivity index (χ3n) is 3.10. The summed E-state index contributed by atoms with van der Waals surface area (Å²) in [7, 11) is 0. The first-order chi connectivity index (χ1) is 8.59. The molecule has 0 saturated carbocycles. The van der Waals surface area contributed by atoms with Gasteiger partial charge in [0.15, 0.2) is 0 Å². The molecule has 0 bridgehead atoms. The molecule has 1 aliphatic rings. The fourth-order valence-corrected chi connectivity index (χ4v) is 2.10. The number of nitrogens with one attached hydrogen (secondary N) is 2. The number of carbonyl (C=O) groups excluding carboxylic acids is 1. The third-order valence-corrected chi connectivity index (χ3v) is 3.10. The van der Waals surface area contributed by atoms with Crippen LogP contribution >= 0.6 is 0 Å². The molecule has 2 rings (SSSR count). The van der Waals surface area contributed by atoms with Gasteiger partial charge in [-0.3, -0.25) is 9.59 Å². The summed E-state index contributed by atoms with van der Waals surface area (Å²) in [4.78, 5) is 22.8. The van der Waals surface area contributed by atoms with E-state index in [1.807, 2.05) is 24.3 Å². The molecule has 0 aromatic heterocycles. The Hall–Kier alpha value is -1.88. The van der Waals surface area contributed by atoms with Crippen LogP contribution in [0.2, 0.25) is 0 Å². The molecule has 0 saturated heterocycles. The van der Waals surface area contributed by atoms with Crippen molar-refractivity contribution in [3.63, 3.8) is 0 Å². The summed E-state index contributed by atoms with van der Waals surface area (Å²) in [5.41, 5.74) is 2.07. The van der Waals surface area contributed by atoms with Crippen molar-refractivity contribution in [3.05, 3.63) is 35.4 Å². The molecule has 0 fully saturated rings. The number of carboxylic acid groups (broad SMARTS) is 1. The Morgan fingerprint density at radius 3 is 2.89 bits per heavy atom. The van der Waals surface area contributed by atoms with E-state index in [-0.39, 0.29) is 5.91 Å². The Morgan fingerprint density at radius 1 is 1.44 bits per heavy atom. The molecule has 0 aliphatic carbocycles. The van der Waals surface area contributed by atoms with Crippen molar-refractivity contribution in [1.29, 1.82) is 0 Å². The van der Waals surface area contributed by atoms with E-state index in [1.54, 1.807) is 0 Å². The number of aliphatic carboxylic acids is 1. The zero-order chi connectivity index (χ0) is 13.1. The lowest BCUT2D eigenvalue weighted by Crippen LogP contribution is -2.46. The summed E-state index contributed by atoms with van der Waals surface area (Å²) < 4.78 is 0. The molecule has 5 heteroatoms. The van der Waals surface area contributed by atoms with Crippen LogP contribution in [0.1, 0.15) is 24.1 Å². The molecule has 18 heavy (non-hydrogen) atoms. The highest BCUT2D eigenvalue weighted by Gasteiger charge is 2.27. The van der Waals surface area contributed by atoms with Crippen LogP contribution in [0, 0.1) is 0 Å². The zero-order valence-corrected chi connectivity index (χ0v) is 10.1. The number of amides is 1. The van der Waals surface area contributed by atoms with Crippen molar-refractivity contribution >= 4 is 11.9 Å². The van der Waals surface area contributed by atoms with Crippen molar-refractivity contribution in [2.24, 2.45) is 0 Å². The second-order valence-corrected chi connectivity index (χ2v) is 4.40. The second kappa shape index (κ2) is 5.18. The first kappa shape index (κ1) is 12.6. The number of hydrogen-bond acceptors (Lipinski definition) is 3. The van der Waals surface area contributed by atoms with E-state index in [0.29, 0.717) is 0 Å². The van der Waals surface area contributed by atoms with Gasteiger partial charge in [-0.25, -0.2) is 0 Å². The fraction of sp³-hybridized carbons (Fsp3) is 0.385. The van der Waals surface area contributed by atoms with E-state index in [1.165, 1.54) is 6.92 Å². The number of carboxylic acids is 1. The van der Waals surface area contributed by atoms with Gasteiger partial charge >= 0.3 is 5.97 Å². The van der Waals surface area contributed by atoms with Crippen LogP contribution in [-0.2, 0) is 16.0 Å². The van der Waals surface area contributed by atoms with Crippen LogP contribution in [-0.4, -0.2) is 29.6 Å². The van der Waals surface area contributed by atoms with Crippen molar-refractivity contribution < 1.29 is 14.7 Å². The molecule has 1 heterocycles. The lowest BCUT2D eigenvalue weighted by molar-refractivity contribution is -0.141. The van der Waals surface area contributed by atoms with Gasteiger partial charge in [0.05, 0.1) is 0 Å². The van der Waals surface area contributed by atoms with E-state index in [4.69, 9.17) is 5.11 Å². The van der Waals surface area contributed by atoms with Crippen LogP contribution in [0.3, 0.4) is 0 Å². The highest BCUT2D eigenvalue weighted by molar-refractivity contribution is 5.88. The molecule has 96 valence electrons. The molecule has 2 atom stereocenters. The Morgan fingerprint density at radius 2 is 2.17 bits per heavy atom. The maximum Gasteiger partial charge on any atom is 0.325 e. The topological polar surface area (TPSA) is 78.4 Å². The van der Waals surface area contributed by atoms with Crippen molar-refractivity contribution in [1.82, 2.24) is 10.6 Å². The summed E-state index contributed by atoms with van der Waals surface area (Å²) in [5.74, 6) is -1.33. The molecule has 0 spiro atoms. The number of carbonyl (C=O) groups is 2. The van der Waals surface area contributed by atoms with Crippen LogP contribution in [0.25, 0.3) is 0 Å². The fourth-order valence-electron chi connectivity index (χ4n) is 2.10. The standard InChI is InChI=1S/C13H16N2O3/c1-8(13(17)18)15-12(16)11-10-5-3-2-4-9(10)6-7-14-11/h2-5,8,11,14H,6-7H2,1H3,(H,15,16)(H,17,18). The van der Waals surface area contributed by atoms with E-state index in [0.717, 1.165) is 24.1 Å². The Labute approximate surface area is 105 Å². The number of rotatable bonds is 3. The molecule has 3 N–H and O–H groups in total. The van der Waals surface area contributed by atoms with E-state index < -0.39 is 18.1 Å². The summed E-state index contributed by atoms with van der Waals surface area (Å²) in [6.45, 7) is 2.17. The van der Waals surface area contributed by atoms with E-state index in [2.05, 4.69) is 10.6 Å². The molecular weight excluding hydrogens is 232 g/mol. The molecule has 1 aromatic carbocycles. The van der Waals surface area contributed by atoms with Crippen molar-refractivity contribution in [2.45, 2.75) is 25.4 Å². The van der Waals surface area contributed by atoms with Gasteiger partial charge in [-0.15, -0.1) is 0 Å². The quantitative estimate of drug-likeness (QED) is 0.726. The van der Waals surface area contributed by atoms with Crippen LogP contribution in [0.4, 0.5) is 0 Å². The summed E-state index contributed by atoms with van der Waals surface area (Å²) >= 11 is 0. The first-order valence-electron chi connectivity index (χ1n) is 5.94. The maximum atomic E-state index is 12.0. The zero-order valence-electron chi connectivity index (χ0n) is 10.1. The predicted octanol–water partition coefficient (Wildman–Crippen LogP) is 0.463. The minimum absolute atomic E-state index is 0.294. The summed E-state index contributed by atoms with van der Waals surface area (Å²) in [5, 5.41) is 14.4. The Kier molecular flexibility index (Phi) is 3.62. The largest absolute Gasteiger partial charge is 0.480 e. The molecular formula is C13H16N2O3. The number of fused-ring (bicyclic) bond motifs is 1. The Bertz CT molecular complexity index is 473. The summed E-state index contributed by atoms with van der Waals surface area (Å²) in [6.07, 6.45) is 0.883. The molecule has 5 nitrogen and oxygen atoms in total. The van der Waals surface area contributed by atoms with Gasteiger partial charge in [-0.2, -0.15) is 0 Å². The van der Waals surface area contributed by atoms with Gasteiger partial charge < -0.3 is 15.7 Å². The second-order valence-electron chi connectivity index (χ2n) is 4.40. The van der Waals surface area contributed by atoms with Gasteiger partial charge in [0.2, 0.25) is 5.91 Å². The molecule has 0 radical (unpaired) electrons. The molecule has 1 aliphatic heterocycles. The van der Waals surface area contributed by atoms with Gasteiger partial charge in [0, 0.05) is 6.54 Å². The SMILES string of the molecule is CC(NC(=O)C1NCCc2ccccc21)C(=O)O. The van der Waals surface area contributed by atoms with Crippen LogP contribution < -0.4 is 10.6 Å². The van der Waals surface area contributed by atoms with Crippen molar-refractivity contribution in [3.8, 4) is 0 Å². The average Bonchev–Trinajstić information content (AvgIpc) is 2.37. The monoisotopic (exact) mass is 248 g/mol.